The molecule has 1 aromatic rings. The molecular weight excluding hydrogens is 264 g/mol. The largest absolute Gasteiger partial charge is 0.476 e. The molecule has 0 unspecified atom stereocenters. The van der Waals surface area contributed by atoms with Crippen LogP contribution in [0, 0.1) is 16.0 Å². The maximum Gasteiger partial charge on any atom is 0.372 e. The van der Waals surface area contributed by atoms with Gasteiger partial charge in [0.15, 0.2) is 0 Å². The lowest BCUT2D eigenvalue weighted by Crippen LogP contribution is -2.13. The van der Waals surface area contributed by atoms with E-state index in [0.717, 1.165) is 6.42 Å². The summed E-state index contributed by atoms with van der Waals surface area (Å²) in [6.45, 7) is 5.81. The molecular formula is C12H20N4O4. The van der Waals surface area contributed by atoms with Crippen LogP contribution >= 0.6 is 0 Å². The van der Waals surface area contributed by atoms with Crippen LogP contribution in [0.2, 0.25) is 0 Å². The van der Waals surface area contributed by atoms with Crippen molar-refractivity contribution >= 4 is 11.5 Å². The SMILES string of the molecule is COc1ncnc(NCCOCCC(C)C)c1[N+](=O)[O-]. The van der Waals surface area contributed by atoms with E-state index in [4.69, 9.17) is 9.47 Å². The lowest BCUT2D eigenvalue weighted by Gasteiger charge is -2.09. The molecule has 20 heavy (non-hydrogen) atoms. The number of nitro groups is 1. The molecule has 0 aromatic carbocycles. The fourth-order valence-corrected chi connectivity index (χ4v) is 1.47. The number of ether oxygens (including phenoxy) is 2. The molecule has 0 amide bonds. The van der Waals surface area contributed by atoms with Gasteiger partial charge in [0.05, 0.1) is 18.6 Å². The van der Waals surface area contributed by atoms with Gasteiger partial charge < -0.3 is 14.8 Å². The van der Waals surface area contributed by atoms with E-state index in [0.29, 0.717) is 25.7 Å². The summed E-state index contributed by atoms with van der Waals surface area (Å²) in [6, 6.07) is 0. The molecule has 0 saturated carbocycles. The van der Waals surface area contributed by atoms with E-state index < -0.39 is 4.92 Å². The second-order valence-corrected chi connectivity index (χ2v) is 4.56. The van der Waals surface area contributed by atoms with Crippen LogP contribution in [0.4, 0.5) is 11.5 Å². The molecule has 112 valence electrons. The van der Waals surface area contributed by atoms with Gasteiger partial charge in [-0.25, -0.2) is 4.98 Å². The van der Waals surface area contributed by atoms with Crippen LogP contribution < -0.4 is 10.1 Å². The van der Waals surface area contributed by atoms with E-state index in [-0.39, 0.29) is 17.4 Å². The monoisotopic (exact) mass is 284 g/mol. The van der Waals surface area contributed by atoms with E-state index in [1.807, 2.05) is 0 Å². The normalized spacial score (nSPS) is 10.6. The summed E-state index contributed by atoms with van der Waals surface area (Å²) in [5.41, 5.74) is -0.266. The van der Waals surface area contributed by atoms with E-state index in [9.17, 15) is 10.1 Å². The molecule has 0 aliphatic heterocycles. The summed E-state index contributed by atoms with van der Waals surface area (Å²) < 4.78 is 10.3. The molecule has 0 fully saturated rings. The third kappa shape index (κ3) is 4.96. The zero-order valence-corrected chi connectivity index (χ0v) is 12.0. The molecule has 1 aromatic heterocycles. The standard InChI is InChI=1S/C12H20N4O4/c1-9(2)4-6-20-7-5-13-11-10(16(17)18)12(19-3)15-8-14-11/h8-9H,4-7H2,1-3H3,(H,13,14,15). The zero-order chi connectivity index (χ0) is 15.0. The van der Waals surface area contributed by atoms with Gasteiger partial charge >= 0.3 is 5.69 Å². The third-order valence-corrected chi connectivity index (χ3v) is 2.54. The third-order valence-electron chi connectivity index (χ3n) is 2.54. The van der Waals surface area contributed by atoms with Crippen molar-refractivity contribution in [1.29, 1.82) is 0 Å². The molecule has 8 heteroatoms. The number of nitrogens with one attached hydrogen (secondary N) is 1. The van der Waals surface area contributed by atoms with Crippen LogP contribution in [0.25, 0.3) is 0 Å². The highest BCUT2D eigenvalue weighted by molar-refractivity contribution is 5.60. The van der Waals surface area contributed by atoms with E-state index in [1.165, 1.54) is 13.4 Å². The van der Waals surface area contributed by atoms with Gasteiger partial charge in [-0.3, -0.25) is 10.1 Å². The van der Waals surface area contributed by atoms with E-state index in [2.05, 4.69) is 29.1 Å². The minimum Gasteiger partial charge on any atom is -0.476 e. The van der Waals surface area contributed by atoms with Crippen LogP contribution in [0.15, 0.2) is 6.33 Å². The minimum atomic E-state index is -0.569. The van der Waals surface area contributed by atoms with Crippen molar-refractivity contribution in [3.05, 3.63) is 16.4 Å². The fraction of sp³-hybridized carbons (Fsp3) is 0.667. The van der Waals surface area contributed by atoms with E-state index in [1.54, 1.807) is 0 Å². The molecule has 1 N–H and O–H groups in total. The highest BCUT2D eigenvalue weighted by Crippen LogP contribution is 2.29. The van der Waals surface area contributed by atoms with Crippen LogP contribution in [-0.2, 0) is 4.74 Å². The van der Waals surface area contributed by atoms with Gasteiger partial charge in [-0.2, -0.15) is 4.98 Å². The Hall–Kier alpha value is -1.96. The molecule has 0 bridgehead atoms. The molecule has 1 rings (SSSR count). The first-order chi connectivity index (χ1) is 9.56. The summed E-state index contributed by atoms with van der Waals surface area (Å²) in [6.07, 6.45) is 2.20. The number of nitrogens with zero attached hydrogens (tertiary/aromatic N) is 3. The Bertz CT molecular complexity index is 439. The number of anilines is 1. The first-order valence-corrected chi connectivity index (χ1v) is 6.41. The average Bonchev–Trinajstić information content (AvgIpc) is 2.41. The summed E-state index contributed by atoms with van der Waals surface area (Å²) >= 11 is 0. The van der Waals surface area contributed by atoms with Crippen molar-refractivity contribution in [2.45, 2.75) is 20.3 Å². The van der Waals surface area contributed by atoms with E-state index >= 15 is 0 Å². The molecule has 0 spiro atoms. The Balaban J connectivity index is 2.49. The molecule has 8 nitrogen and oxygen atoms in total. The Morgan fingerprint density at radius 3 is 2.75 bits per heavy atom. The number of aromatic nitrogens is 2. The number of hydrogen-bond acceptors (Lipinski definition) is 7. The summed E-state index contributed by atoms with van der Waals surface area (Å²) in [5, 5.41) is 13.8. The van der Waals surface area contributed by atoms with Crippen LogP contribution in [0.1, 0.15) is 20.3 Å². The first kappa shape index (κ1) is 16.1. The molecule has 1 heterocycles. The van der Waals surface area contributed by atoms with Crippen molar-refractivity contribution in [2.24, 2.45) is 5.92 Å². The van der Waals surface area contributed by atoms with Gasteiger partial charge in [0.2, 0.25) is 5.82 Å². The van der Waals surface area contributed by atoms with Crippen LogP contribution in [0.3, 0.4) is 0 Å². The van der Waals surface area contributed by atoms with Crippen molar-refractivity contribution in [1.82, 2.24) is 9.97 Å². The fourth-order valence-electron chi connectivity index (χ4n) is 1.47. The predicted molar refractivity (Wildman–Crippen MR) is 74.0 cm³/mol. The Morgan fingerprint density at radius 1 is 1.40 bits per heavy atom. The Labute approximate surface area is 117 Å². The second kappa shape index (κ2) is 8.26. The summed E-state index contributed by atoms with van der Waals surface area (Å²) in [4.78, 5) is 18.0. The van der Waals surface area contributed by atoms with Gasteiger partial charge in [0, 0.05) is 13.2 Å². The smallest absolute Gasteiger partial charge is 0.372 e. The maximum absolute atomic E-state index is 11.0. The lowest BCUT2D eigenvalue weighted by atomic mass is 10.1. The van der Waals surface area contributed by atoms with Gasteiger partial charge in [0.25, 0.3) is 5.88 Å². The molecule has 0 radical (unpaired) electrons. The zero-order valence-electron chi connectivity index (χ0n) is 12.0. The Morgan fingerprint density at radius 2 is 2.15 bits per heavy atom. The van der Waals surface area contributed by atoms with Crippen LogP contribution in [0.5, 0.6) is 5.88 Å². The molecule has 0 saturated heterocycles. The average molecular weight is 284 g/mol. The topological polar surface area (TPSA) is 99.4 Å². The predicted octanol–water partition coefficient (Wildman–Crippen LogP) is 1.87. The van der Waals surface area contributed by atoms with Crippen molar-refractivity contribution in [2.75, 3.05) is 32.2 Å². The first-order valence-electron chi connectivity index (χ1n) is 6.41. The van der Waals surface area contributed by atoms with Gasteiger partial charge in [-0.1, -0.05) is 13.8 Å². The number of methoxy groups -OCH3 is 1. The van der Waals surface area contributed by atoms with Gasteiger partial charge in [-0.15, -0.1) is 0 Å². The number of rotatable bonds is 9. The van der Waals surface area contributed by atoms with Crippen molar-refractivity contribution in [3.8, 4) is 5.88 Å². The summed E-state index contributed by atoms with van der Waals surface area (Å²) in [5.74, 6) is 0.665. The highest BCUT2D eigenvalue weighted by Gasteiger charge is 2.23. The minimum absolute atomic E-state index is 0.0618. The highest BCUT2D eigenvalue weighted by atomic mass is 16.6. The van der Waals surface area contributed by atoms with Crippen molar-refractivity contribution < 1.29 is 14.4 Å². The van der Waals surface area contributed by atoms with Crippen LogP contribution in [-0.4, -0.2) is 41.8 Å². The quantitative estimate of drug-likeness (QED) is 0.419. The second-order valence-electron chi connectivity index (χ2n) is 4.56. The van der Waals surface area contributed by atoms with Gasteiger partial charge in [0.1, 0.15) is 6.33 Å². The molecule has 0 aliphatic rings. The van der Waals surface area contributed by atoms with Gasteiger partial charge in [-0.05, 0) is 12.3 Å². The molecule has 0 atom stereocenters. The maximum atomic E-state index is 11.0. The summed E-state index contributed by atoms with van der Waals surface area (Å²) in [7, 11) is 1.33. The molecule has 0 aliphatic carbocycles. The Kier molecular flexibility index (Phi) is 6.65. The number of hydrogen-bond donors (Lipinski definition) is 1. The van der Waals surface area contributed by atoms with Crippen molar-refractivity contribution in [3.63, 3.8) is 0 Å². The lowest BCUT2D eigenvalue weighted by molar-refractivity contribution is -0.385.